The van der Waals surface area contributed by atoms with Gasteiger partial charge in [-0.15, -0.1) is 0 Å². The highest BCUT2D eigenvalue weighted by Crippen LogP contribution is 2.57. The Kier molecular flexibility index (Phi) is 13.6. The summed E-state index contributed by atoms with van der Waals surface area (Å²) in [5.41, 5.74) is 20.9. The summed E-state index contributed by atoms with van der Waals surface area (Å²) >= 11 is 0. The first-order valence-electron chi connectivity index (χ1n) is 33.6. The van der Waals surface area contributed by atoms with Crippen molar-refractivity contribution in [2.75, 3.05) is 0 Å². The Morgan fingerprint density at radius 1 is 0.167 bits per heavy atom. The predicted molar refractivity (Wildman–Crippen MR) is 400 cm³/mol. The van der Waals surface area contributed by atoms with Crippen LogP contribution >= 0.6 is 0 Å². The molecule has 13 rings (SSSR count). The van der Waals surface area contributed by atoms with Crippen molar-refractivity contribution in [1.82, 2.24) is 0 Å². The van der Waals surface area contributed by atoms with E-state index in [0.29, 0.717) is 0 Å². The smallest absolute Gasteiger partial charge is 0.000719 e. The SMILES string of the molecule is CC(C)(C)c1cc(-c2ccc(-c3cc(C(C)(C)C)cc(C(C)(C)C)c3)c3c4cc5c(cc6c7c(-c8cc(C(C)(C)C)cc(C(C)(C)C)c8)c8ccccc8c(-c8cc(C(C)(C)C)cc(C(C)(C)C)c8)c7c7cccc5c76)c5cccc(c23)c54)cc(C(C)(C)C)c1. The maximum absolute atomic E-state index is 2.65. The van der Waals surface area contributed by atoms with Crippen molar-refractivity contribution in [3.8, 4) is 44.5 Å². The molecule has 0 aliphatic carbocycles. The maximum Gasteiger partial charge on any atom is -0.000719 e. The molecule has 0 aromatic heterocycles. The van der Waals surface area contributed by atoms with Crippen LogP contribution in [-0.4, -0.2) is 0 Å². The highest BCUT2D eigenvalue weighted by molar-refractivity contribution is 6.46. The van der Waals surface area contributed by atoms with E-state index in [9.17, 15) is 0 Å². The molecule has 0 spiro atoms. The van der Waals surface area contributed by atoms with Crippen molar-refractivity contribution < 1.29 is 0 Å². The molecule has 0 saturated carbocycles. The third kappa shape index (κ3) is 10.1. The quantitative estimate of drug-likeness (QED) is 0.154. The fourth-order valence-electron chi connectivity index (χ4n) is 14.8. The summed E-state index contributed by atoms with van der Waals surface area (Å²) in [7, 11) is 0. The first-order valence-corrected chi connectivity index (χ1v) is 33.6. The molecule has 0 aliphatic rings. The molecular formula is C90H98. The van der Waals surface area contributed by atoms with E-state index in [2.05, 4.69) is 324 Å². The minimum absolute atomic E-state index is 0.0409. The van der Waals surface area contributed by atoms with E-state index in [1.54, 1.807) is 0 Å². The van der Waals surface area contributed by atoms with Gasteiger partial charge in [-0.05, 0) is 231 Å². The van der Waals surface area contributed by atoms with Gasteiger partial charge in [-0.1, -0.05) is 312 Å². The normalized spacial score (nSPS) is 13.8. The second-order valence-electron chi connectivity index (χ2n) is 35.6. The zero-order valence-corrected chi connectivity index (χ0v) is 59.0. The van der Waals surface area contributed by atoms with E-state index in [4.69, 9.17) is 0 Å². The lowest BCUT2D eigenvalue weighted by Gasteiger charge is -2.28. The van der Waals surface area contributed by atoms with Crippen LogP contribution in [0.2, 0.25) is 0 Å². The first-order chi connectivity index (χ1) is 41.7. The highest BCUT2D eigenvalue weighted by atomic mass is 14.4. The second-order valence-corrected chi connectivity index (χ2v) is 35.6. The van der Waals surface area contributed by atoms with E-state index in [1.165, 1.54) is 175 Å². The Morgan fingerprint density at radius 2 is 0.400 bits per heavy atom. The largest absolute Gasteiger partial charge is 0.0616 e. The average molecular weight is 1180 g/mol. The molecular weight excluding hydrogens is 1080 g/mol. The Bertz CT molecular complexity index is 4950. The molecule has 0 aliphatic heterocycles. The average Bonchev–Trinajstić information content (AvgIpc) is 1.51. The van der Waals surface area contributed by atoms with Gasteiger partial charge in [0, 0.05) is 0 Å². The maximum atomic E-state index is 2.65. The third-order valence-corrected chi connectivity index (χ3v) is 20.5. The van der Waals surface area contributed by atoms with Gasteiger partial charge in [0.1, 0.15) is 0 Å². The van der Waals surface area contributed by atoms with Crippen molar-refractivity contribution in [3.05, 3.63) is 202 Å². The van der Waals surface area contributed by atoms with Crippen LogP contribution < -0.4 is 0 Å². The molecule has 0 saturated heterocycles. The molecule has 0 bridgehead atoms. The first kappa shape index (κ1) is 61.3. The van der Waals surface area contributed by atoms with Gasteiger partial charge in [-0.3, -0.25) is 0 Å². The van der Waals surface area contributed by atoms with Crippen LogP contribution in [0.15, 0.2) is 158 Å². The van der Waals surface area contributed by atoms with Crippen LogP contribution in [0.5, 0.6) is 0 Å². The van der Waals surface area contributed by atoms with Crippen LogP contribution in [0.25, 0.3) is 131 Å². The van der Waals surface area contributed by atoms with Crippen LogP contribution in [0.4, 0.5) is 0 Å². The van der Waals surface area contributed by atoms with Crippen molar-refractivity contribution >= 4 is 86.2 Å². The van der Waals surface area contributed by atoms with Crippen LogP contribution in [-0.2, 0) is 43.3 Å². The number of fused-ring (bicyclic) bond motifs is 10. The monoisotopic (exact) mass is 1180 g/mol. The Morgan fingerprint density at radius 3 is 0.700 bits per heavy atom. The molecule has 0 atom stereocenters. The zero-order valence-electron chi connectivity index (χ0n) is 59.0. The molecule has 0 radical (unpaired) electrons. The summed E-state index contributed by atoms with van der Waals surface area (Å²) in [5.74, 6) is 0. The van der Waals surface area contributed by atoms with E-state index in [0.717, 1.165) is 0 Å². The van der Waals surface area contributed by atoms with Crippen molar-refractivity contribution in [1.29, 1.82) is 0 Å². The topological polar surface area (TPSA) is 0 Å². The highest BCUT2D eigenvalue weighted by Gasteiger charge is 2.32. The summed E-state index contributed by atoms with van der Waals surface area (Å²) in [4.78, 5) is 0. The van der Waals surface area contributed by atoms with Crippen LogP contribution in [0.3, 0.4) is 0 Å². The van der Waals surface area contributed by atoms with Gasteiger partial charge < -0.3 is 0 Å². The summed E-state index contributed by atoms with van der Waals surface area (Å²) in [6, 6.07) is 64.3. The minimum Gasteiger partial charge on any atom is -0.0616 e. The molecule has 0 amide bonds. The fraction of sp³-hybridized carbons (Fsp3) is 0.356. The second kappa shape index (κ2) is 20.0. The number of rotatable bonds is 4. The van der Waals surface area contributed by atoms with Gasteiger partial charge >= 0.3 is 0 Å². The van der Waals surface area contributed by atoms with Crippen molar-refractivity contribution in [3.63, 3.8) is 0 Å². The van der Waals surface area contributed by atoms with Gasteiger partial charge in [0.15, 0.2) is 0 Å². The molecule has 0 heterocycles. The van der Waals surface area contributed by atoms with Gasteiger partial charge in [-0.2, -0.15) is 0 Å². The third-order valence-electron chi connectivity index (χ3n) is 20.5. The fourth-order valence-corrected chi connectivity index (χ4v) is 14.8. The predicted octanol–water partition coefficient (Wildman–Crippen LogP) is 26.8. The van der Waals surface area contributed by atoms with Crippen LogP contribution in [0, 0.1) is 0 Å². The van der Waals surface area contributed by atoms with E-state index in [1.807, 2.05) is 0 Å². The summed E-state index contributed by atoms with van der Waals surface area (Å²) < 4.78 is 0. The molecule has 0 N–H and O–H groups in total. The number of benzene rings is 11. The van der Waals surface area contributed by atoms with E-state index < -0.39 is 0 Å². The molecule has 0 heteroatoms. The van der Waals surface area contributed by atoms with Crippen molar-refractivity contribution in [2.45, 2.75) is 209 Å². The van der Waals surface area contributed by atoms with Crippen LogP contribution in [0.1, 0.15) is 211 Å². The standard InChI is InChI=1S/C90H98/c1-83(2,3)55-37-51(38-56(45-55)84(4,5)6)63-35-36-64(52-39-57(85(7,8)9)46-58(40-52)86(10,11)12)80-73-49-71-68-32-28-34-70-78(68)74(50-72(71)67-31-27-33-69(77(67)73)79(63)80)82-76(54-43-61(89(19,20)21)48-62(44-54)90(22,23)24)66-30-26-25-29-65(66)75(81(70)82)53-41-59(87(13,14)15)47-60(42-53)88(16,17)18/h25-50H,1-24H3. The summed E-state index contributed by atoms with van der Waals surface area (Å²) in [6.45, 7) is 57.0. The Labute approximate surface area is 539 Å². The Hall–Kier alpha value is -7.54. The zero-order chi connectivity index (χ0) is 64.9. The molecule has 13 aromatic carbocycles. The number of hydrogen-bond donors (Lipinski definition) is 0. The van der Waals surface area contributed by atoms with Gasteiger partial charge in [0.2, 0.25) is 0 Å². The number of hydrogen-bond acceptors (Lipinski definition) is 0. The molecule has 0 nitrogen and oxygen atoms in total. The van der Waals surface area contributed by atoms with Crippen molar-refractivity contribution in [2.24, 2.45) is 0 Å². The van der Waals surface area contributed by atoms with E-state index in [-0.39, 0.29) is 43.3 Å². The summed E-state index contributed by atoms with van der Waals surface area (Å²) in [5, 5.41) is 21.2. The van der Waals surface area contributed by atoms with Gasteiger partial charge in [0.05, 0.1) is 0 Å². The molecule has 90 heavy (non-hydrogen) atoms. The minimum atomic E-state index is -0.0721. The lowest BCUT2D eigenvalue weighted by Crippen LogP contribution is -2.16. The molecule has 0 unspecified atom stereocenters. The van der Waals surface area contributed by atoms with E-state index >= 15 is 0 Å². The summed E-state index contributed by atoms with van der Waals surface area (Å²) in [6.07, 6.45) is 0. The van der Waals surface area contributed by atoms with Gasteiger partial charge in [-0.25, -0.2) is 0 Å². The Balaban J connectivity index is 1.26. The van der Waals surface area contributed by atoms with Gasteiger partial charge in [0.25, 0.3) is 0 Å². The lowest BCUT2D eigenvalue weighted by molar-refractivity contribution is 0.568. The molecule has 13 aromatic rings. The molecule has 458 valence electrons. The lowest BCUT2D eigenvalue weighted by atomic mass is 9.76. The molecule has 0 fully saturated rings.